The maximum atomic E-state index is 4.93. The summed E-state index contributed by atoms with van der Waals surface area (Å²) in [6.07, 6.45) is 5.61. The molecule has 0 aliphatic carbocycles. The molecule has 1 atom stereocenters. The van der Waals surface area contributed by atoms with Gasteiger partial charge in [0.1, 0.15) is 6.17 Å². The Hall–Kier alpha value is -0.570. The van der Waals surface area contributed by atoms with E-state index in [0.717, 1.165) is 13.0 Å². The number of hydrogen-bond acceptors (Lipinski definition) is 3. The van der Waals surface area contributed by atoms with Gasteiger partial charge in [0.15, 0.2) is 0 Å². The molecule has 1 aliphatic heterocycles. The summed E-state index contributed by atoms with van der Waals surface area (Å²) in [7, 11) is 2.04. The Morgan fingerprint density at radius 1 is 1.55 bits per heavy atom. The molecule has 11 heavy (non-hydrogen) atoms. The second kappa shape index (κ2) is 3.72. The molecule has 0 bridgehead atoms. The molecule has 3 heteroatoms. The number of rotatable bonds is 3. The fourth-order valence-corrected chi connectivity index (χ4v) is 1.59. The van der Waals surface area contributed by atoms with E-state index in [-0.39, 0.29) is 0 Å². The van der Waals surface area contributed by atoms with E-state index in [2.05, 4.69) is 29.1 Å². The third-order valence-corrected chi connectivity index (χ3v) is 2.10. The fraction of sp³-hybridized carbons (Fsp3) is 0.625. The normalized spacial score (nSPS) is 22.9. The van der Waals surface area contributed by atoms with E-state index < -0.39 is 0 Å². The van der Waals surface area contributed by atoms with Crippen LogP contribution in [0.4, 0.5) is 0 Å². The van der Waals surface area contributed by atoms with Gasteiger partial charge in [-0.2, -0.15) is 0 Å². The molecule has 1 aliphatic rings. The van der Waals surface area contributed by atoms with E-state index in [1.54, 1.807) is 5.37 Å². The molecule has 0 saturated carbocycles. The van der Waals surface area contributed by atoms with E-state index in [1.165, 1.54) is 0 Å². The summed E-state index contributed by atoms with van der Waals surface area (Å²) < 4.78 is 0. The van der Waals surface area contributed by atoms with Crippen LogP contribution in [-0.2, 0) is 0 Å². The monoisotopic (exact) mass is 170 g/mol. The van der Waals surface area contributed by atoms with E-state index in [9.17, 15) is 0 Å². The summed E-state index contributed by atoms with van der Waals surface area (Å²) in [5.74, 6) is 0. The Bertz CT molecular complexity index is 167. The predicted molar refractivity (Wildman–Crippen MR) is 51.3 cm³/mol. The summed E-state index contributed by atoms with van der Waals surface area (Å²) in [6, 6.07) is 0. The van der Waals surface area contributed by atoms with Gasteiger partial charge in [0.25, 0.3) is 0 Å². The predicted octanol–water partition coefficient (Wildman–Crippen LogP) is 1.44. The van der Waals surface area contributed by atoms with Crippen molar-refractivity contribution in [2.24, 2.45) is 0 Å². The summed E-state index contributed by atoms with van der Waals surface area (Å²) in [4.78, 5) is 4.36. The number of hydrogen-bond donors (Lipinski definition) is 0. The first-order chi connectivity index (χ1) is 5.29. The van der Waals surface area contributed by atoms with Crippen molar-refractivity contribution in [2.75, 3.05) is 13.6 Å². The van der Waals surface area contributed by atoms with Gasteiger partial charge >= 0.3 is 0 Å². The van der Waals surface area contributed by atoms with Crippen LogP contribution in [0.3, 0.4) is 0 Å². The number of nitrogens with zero attached hydrogens (tertiary/aromatic N) is 2. The maximum Gasteiger partial charge on any atom is 0.130 e. The van der Waals surface area contributed by atoms with Gasteiger partial charge in [0.2, 0.25) is 0 Å². The Balaban J connectivity index is 2.53. The van der Waals surface area contributed by atoms with Crippen molar-refractivity contribution >= 4 is 17.6 Å². The fourth-order valence-electron chi connectivity index (χ4n) is 1.24. The Morgan fingerprint density at radius 3 is 2.82 bits per heavy atom. The molecule has 0 aromatic rings. The van der Waals surface area contributed by atoms with Crippen LogP contribution in [-0.4, -0.2) is 34.9 Å². The Labute approximate surface area is 73.5 Å². The van der Waals surface area contributed by atoms with Gasteiger partial charge in [-0.3, -0.25) is 0 Å². The van der Waals surface area contributed by atoms with E-state index in [0.29, 0.717) is 6.17 Å². The topological polar surface area (TPSA) is 6.48 Å². The van der Waals surface area contributed by atoms with Crippen LogP contribution in [0.5, 0.6) is 0 Å². The molecule has 0 N–H and O–H groups in total. The molecule has 62 valence electrons. The minimum atomic E-state index is 0.296. The van der Waals surface area contributed by atoms with Crippen LogP contribution < -0.4 is 0 Å². The van der Waals surface area contributed by atoms with Crippen molar-refractivity contribution < 1.29 is 0 Å². The molecule has 0 aromatic heterocycles. The summed E-state index contributed by atoms with van der Waals surface area (Å²) in [6.45, 7) is 3.26. The zero-order valence-electron chi connectivity index (χ0n) is 7.03. The average Bonchev–Trinajstić information content (AvgIpc) is 2.33. The lowest BCUT2D eigenvalue weighted by atomic mass is 10.4. The molecule has 1 unspecified atom stereocenters. The summed E-state index contributed by atoms with van der Waals surface area (Å²) in [5.41, 5.74) is 0. The lowest BCUT2D eigenvalue weighted by Gasteiger charge is -2.26. The van der Waals surface area contributed by atoms with Crippen molar-refractivity contribution in [3.05, 3.63) is 12.4 Å². The van der Waals surface area contributed by atoms with Crippen molar-refractivity contribution in [3.63, 3.8) is 0 Å². The smallest absolute Gasteiger partial charge is 0.130 e. The average molecular weight is 170 g/mol. The van der Waals surface area contributed by atoms with Crippen LogP contribution in [0.1, 0.15) is 13.3 Å². The zero-order chi connectivity index (χ0) is 8.27. The minimum absolute atomic E-state index is 0.296. The highest BCUT2D eigenvalue weighted by Crippen LogP contribution is 2.11. The van der Waals surface area contributed by atoms with Crippen LogP contribution in [0.15, 0.2) is 12.4 Å². The van der Waals surface area contributed by atoms with E-state index in [1.807, 2.05) is 7.05 Å². The third kappa shape index (κ3) is 1.71. The molecule has 0 amide bonds. The summed E-state index contributed by atoms with van der Waals surface area (Å²) >= 11 is 4.93. The van der Waals surface area contributed by atoms with Crippen LogP contribution in [0.2, 0.25) is 0 Å². The second-order valence-electron chi connectivity index (χ2n) is 2.75. The van der Waals surface area contributed by atoms with Gasteiger partial charge in [-0.1, -0.05) is 19.1 Å². The lowest BCUT2D eigenvalue weighted by molar-refractivity contribution is 0.248. The largest absolute Gasteiger partial charge is 0.355 e. The lowest BCUT2D eigenvalue weighted by Crippen LogP contribution is -2.37. The first-order valence-corrected chi connectivity index (χ1v) is 4.38. The van der Waals surface area contributed by atoms with Crippen LogP contribution in [0, 0.1) is 0 Å². The van der Waals surface area contributed by atoms with Gasteiger partial charge in [-0.05, 0) is 6.42 Å². The highest BCUT2D eigenvalue weighted by molar-refractivity contribution is 7.79. The minimum Gasteiger partial charge on any atom is -0.355 e. The molecule has 0 fully saturated rings. The van der Waals surface area contributed by atoms with E-state index in [4.69, 9.17) is 12.2 Å². The van der Waals surface area contributed by atoms with Crippen molar-refractivity contribution in [1.29, 1.82) is 0 Å². The first-order valence-electron chi connectivity index (χ1n) is 3.91. The summed E-state index contributed by atoms with van der Waals surface area (Å²) in [5, 5.41) is 1.80. The molecular weight excluding hydrogens is 156 g/mol. The second-order valence-corrected chi connectivity index (χ2v) is 3.02. The van der Waals surface area contributed by atoms with Gasteiger partial charge < -0.3 is 9.80 Å². The standard InChI is InChI=1S/C8H14N2S/c1-3-4-10-6-5-9(2)8(10)7-11/h5-8H,3-4H2,1-2H3. The van der Waals surface area contributed by atoms with E-state index >= 15 is 0 Å². The van der Waals surface area contributed by atoms with Crippen molar-refractivity contribution in [3.8, 4) is 0 Å². The SMILES string of the molecule is CCCN1C=CN(C)C1C=S. The molecule has 0 saturated heterocycles. The maximum absolute atomic E-state index is 4.93. The highest BCUT2D eigenvalue weighted by atomic mass is 32.1. The molecular formula is C8H14N2S. The van der Waals surface area contributed by atoms with Crippen LogP contribution in [0.25, 0.3) is 0 Å². The molecule has 1 heterocycles. The Morgan fingerprint density at radius 2 is 2.27 bits per heavy atom. The number of thiocarbonyl (C=S) groups is 1. The molecule has 0 aromatic carbocycles. The molecule has 0 spiro atoms. The Kier molecular flexibility index (Phi) is 2.88. The van der Waals surface area contributed by atoms with Gasteiger partial charge in [-0.15, -0.1) is 0 Å². The third-order valence-electron chi connectivity index (χ3n) is 1.85. The quantitative estimate of drug-likeness (QED) is 0.592. The van der Waals surface area contributed by atoms with Gasteiger partial charge in [0, 0.05) is 31.4 Å². The van der Waals surface area contributed by atoms with Gasteiger partial charge in [-0.25, -0.2) is 0 Å². The first kappa shape index (κ1) is 8.53. The van der Waals surface area contributed by atoms with Crippen molar-refractivity contribution in [2.45, 2.75) is 19.5 Å². The molecule has 2 nitrogen and oxygen atoms in total. The zero-order valence-corrected chi connectivity index (χ0v) is 7.84. The van der Waals surface area contributed by atoms with Gasteiger partial charge in [0.05, 0.1) is 0 Å². The molecule has 1 rings (SSSR count). The molecule has 0 radical (unpaired) electrons. The van der Waals surface area contributed by atoms with Crippen molar-refractivity contribution in [1.82, 2.24) is 9.80 Å². The highest BCUT2D eigenvalue weighted by Gasteiger charge is 2.19. The van der Waals surface area contributed by atoms with Crippen LogP contribution >= 0.6 is 12.2 Å².